The fraction of sp³-hybridized carbons (Fsp3) is 0. The number of hydrogen-bond donors (Lipinski definition) is 0. The lowest BCUT2D eigenvalue weighted by atomic mass is 10.2. The monoisotopic (exact) mass is 417 g/mol. The maximum atomic E-state index is 4.81. The van der Waals surface area contributed by atoms with Crippen molar-refractivity contribution in [2.75, 3.05) is 0 Å². The Kier molecular flexibility index (Phi) is 3.32. The summed E-state index contributed by atoms with van der Waals surface area (Å²) < 4.78 is 3.29. The Bertz CT molecular complexity index is 961. The molecular formula is C17H9Br2NS. The molecule has 2 aromatic heterocycles. The van der Waals surface area contributed by atoms with Gasteiger partial charge in [-0.15, -0.1) is 11.3 Å². The molecule has 0 saturated heterocycles. The first-order chi connectivity index (χ1) is 10.2. The van der Waals surface area contributed by atoms with Crippen LogP contribution in [0.2, 0.25) is 0 Å². The fourth-order valence-corrected chi connectivity index (χ4v) is 4.81. The van der Waals surface area contributed by atoms with E-state index in [1.165, 1.54) is 15.1 Å². The summed E-state index contributed by atoms with van der Waals surface area (Å²) in [5.74, 6) is 0. The molecule has 0 spiro atoms. The van der Waals surface area contributed by atoms with E-state index in [0.29, 0.717) is 0 Å². The van der Waals surface area contributed by atoms with Crippen molar-refractivity contribution < 1.29 is 0 Å². The molecule has 0 fully saturated rings. The van der Waals surface area contributed by atoms with E-state index in [1.807, 2.05) is 12.1 Å². The molecule has 0 radical (unpaired) electrons. The summed E-state index contributed by atoms with van der Waals surface area (Å²) in [7, 11) is 0. The maximum Gasteiger partial charge on any atom is 0.0853 e. The lowest BCUT2D eigenvalue weighted by Gasteiger charge is -2.01. The predicted molar refractivity (Wildman–Crippen MR) is 98.0 cm³/mol. The topological polar surface area (TPSA) is 12.9 Å². The Morgan fingerprint density at radius 1 is 0.905 bits per heavy atom. The highest BCUT2D eigenvalue weighted by Gasteiger charge is 2.09. The Morgan fingerprint density at radius 2 is 1.71 bits per heavy atom. The van der Waals surface area contributed by atoms with Gasteiger partial charge in [-0.2, -0.15) is 0 Å². The van der Waals surface area contributed by atoms with Gasteiger partial charge in [0, 0.05) is 19.2 Å². The van der Waals surface area contributed by atoms with Gasteiger partial charge in [-0.25, -0.2) is 4.98 Å². The molecule has 0 aliphatic rings. The third-order valence-electron chi connectivity index (χ3n) is 3.37. The van der Waals surface area contributed by atoms with Gasteiger partial charge in [0.25, 0.3) is 0 Å². The molecule has 0 saturated carbocycles. The van der Waals surface area contributed by atoms with Gasteiger partial charge < -0.3 is 0 Å². The van der Waals surface area contributed by atoms with Crippen LogP contribution in [0.4, 0.5) is 0 Å². The summed E-state index contributed by atoms with van der Waals surface area (Å²) in [6.07, 6.45) is 0. The van der Waals surface area contributed by atoms with Gasteiger partial charge in [-0.3, -0.25) is 0 Å². The zero-order valence-electron chi connectivity index (χ0n) is 10.8. The average molecular weight is 419 g/mol. The Balaban J connectivity index is 1.99. The highest BCUT2D eigenvalue weighted by molar-refractivity contribution is 9.11. The summed E-state index contributed by atoms with van der Waals surface area (Å²) in [4.78, 5) is 6.06. The van der Waals surface area contributed by atoms with Crippen LogP contribution < -0.4 is 0 Å². The Morgan fingerprint density at radius 3 is 2.52 bits per heavy atom. The summed E-state index contributed by atoms with van der Waals surface area (Å²) in [6, 6.07) is 19.0. The predicted octanol–water partition coefficient (Wildman–Crippen LogP) is 6.64. The lowest BCUT2D eigenvalue weighted by Crippen LogP contribution is -1.81. The minimum atomic E-state index is 1.00. The molecule has 2 aromatic carbocycles. The third-order valence-corrected chi connectivity index (χ3v) is 5.56. The summed E-state index contributed by atoms with van der Waals surface area (Å²) in [5.41, 5.74) is 3.29. The molecule has 0 atom stereocenters. The van der Waals surface area contributed by atoms with Gasteiger partial charge >= 0.3 is 0 Å². The number of fused-ring (bicyclic) bond motifs is 2. The number of nitrogens with zero attached hydrogens (tertiary/aromatic N) is 1. The van der Waals surface area contributed by atoms with E-state index in [0.717, 1.165) is 25.4 Å². The van der Waals surface area contributed by atoms with Crippen molar-refractivity contribution in [2.24, 2.45) is 0 Å². The number of halogens is 2. The first-order valence-electron chi connectivity index (χ1n) is 6.45. The van der Waals surface area contributed by atoms with Crippen LogP contribution in [0.3, 0.4) is 0 Å². The van der Waals surface area contributed by atoms with Crippen molar-refractivity contribution >= 4 is 64.3 Å². The van der Waals surface area contributed by atoms with Crippen molar-refractivity contribution in [1.29, 1.82) is 0 Å². The van der Waals surface area contributed by atoms with Gasteiger partial charge in [-0.1, -0.05) is 46.3 Å². The highest BCUT2D eigenvalue weighted by atomic mass is 79.9. The molecule has 0 amide bonds. The molecule has 0 aliphatic heterocycles. The van der Waals surface area contributed by atoms with E-state index in [9.17, 15) is 0 Å². The van der Waals surface area contributed by atoms with Gasteiger partial charge in [0.15, 0.2) is 0 Å². The van der Waals surface area contributed by atoms with Crippen LogP contribution in [0.1, 0.15) is 0 Å². The van der Waals surface area contributed by atoms with Gasteiger partial charge in [0.2, 0.25) is 0 Å². The Hall–Kier alpha value is -1.23. The number of rotatable bonds is 1. The first kappa shape index (κ1) is 13.4. The van der Waals surface area contributed by atoms with Crippen LogP contribution in [0.25, 0.3) is 31.6 Å². The zero-order chi connectivity index (χ0) is 14.4. The van der Waals surface area contributed by atoms with Gasteiger partial charge in [0.05, 0.1) is 15.7 Å². The second kappa shape index (κ2) is 5.20. The Labute approximate surface area is 142 Å². The van der Waals surface area contributed by atoms with E-state index < -0.39 is 0 Å². The first-order valence-corrected chi connectivity index (χ1v) is 8.86. The molecular weight excluding hydrogens is 410 g/mol. The number of hydrogen-bond acceptors (Lipinski definition) is 2. The molecule has 0 aliphatic carbocycles. The normalized spacial score (nSPS) is 11.3. The molecule has 2 heterocycles. The van der Waals surface area contributed by atoms with E-state index in [-0.39, 0.29) is 0 Å². The molecule has 0 unspecified atom stereocenters. The molecule has 0 N–H and O–H groups in total. The second-order valence-corrected chi connectivity index (χ2v) is 7.66. The van der Waals surface area contributed by atoms with Crippen LogP contribution in [0, 0.1) is 0 Å². The van der Waals surface area contributed by atoms with Gasteiger partial charge in [-0.05, 0) is 45.8 Å². The average Bonchev–Trinajstić information content (AvgIpc) is 2.89. The standard InChI is InChI=1S/C17H9Br2NS/c18-12-6-11-7-16-14(20-17(11)13(19)8-12)9-15(21-16)10-4-2-1-3-5-10/h1-9H. The summed E-state index contributed by atoms with van der Waals surface area (Å²) in [6.45, 7) is 0. The lowest BCUT2D eigenvalue weighted by molar-refractivity contribution is 1.49. The fourth-order valence-electron chi connectivity index (χ4n) is 2.41. The van der Waals surface area contributed by atoms with Crippen molar-refractivity contribution in [2.45, 2.75) is 0 Å². The zero-order valence-corrected chi connectivity index (χ0v) is 14.8. The van der Waals surface area contributed by atoms with Crippen molar-refractivity contribution in [3.8, 4) is 10.4 Å². The van der Waals surface area contributed by atoms with E-state index in [4.69, 9.17) is 4.98 Å². The molecule has 21 heavy (non-hydrogen) atoms. The van der Waals surface area contributed by atoms with Crippen molar-refractivity contribution in [1.82, 2.24) is 4.98 Å². The minimum absolute atomic E-state index is 1.00. The van der Waals surface area contributed by atoms with E-state index in [1.54, 1.807) is 11.3 Å². The number of aromatic nitrogens is 1. The van der Waals surface area contributed by atoms with Crippen molar-refractivity contribution in [3.05, 3.63) is 63.5 Å². The van der Waals surface area contributed by atoms with Crippen molar-refractivity contribution in [3.63, 3.8) is 0 Å². The van der Waals surface area contributed by atoms with Crippen LogP contribution in [-0.2, 0) is 0 Å². The molecule has 4 aromatic rings. The number of pyridine rings is 1. The molecule has 102 valence electrons. The van der Waals surface area contributed by atoms with E-state index >= 15 is 0 Å². The molecule has 4 heteroatoms. The molecule has 0 bridgehead atoms. The van der Waals surface area contributed by atoms with Crippen LogP contribution in [-0.4, -0.2) is 4.98 Å². The van der Waals surface area contributed by atoms with E-state index in [2.05, 4.69) is 74.3 Å². The smallest absolute Gasteiger partial charge is 0.0853 e. The van der Waals surface area contributed by atoms with Crippen LogP contribution >= 0.6 is 43.2 Å². The molecule has 4 rings (SSSR count). The highest BCUT2D eigenvalue weighted by Crippen LogP contribution is 2.36. The maximum absolute atomic E-state index is 4.81. The largest absolute Gasteiger partial charge is 0.246 e. The third kappa shape index (κ3) is 2.41. The quantitative estimate of drug-likeness (QED) is 0.337. The van der Waals surface area contributed by atoms with Gasteiger partial charge in [0.1, 0.15) is 0 Å². The summed E-state index contributed by atoms with van der Waals surface area (Å²) in [5, 5.41) is 1.14. The van der Waals surface area contributed by atoms with Crippen LogP contribution in [0.15, 0.2) is 63.5 Å². The number of benzene rings is 2. The summed E-state index contributed by atoms with van der Waals surface area (Å²) >= 11 is 8.91. The number of thiophene rings is 1. The van der Waals surface area contributed by atoms with Crippen LogP contribution in [0.5, 0.6) is 0 Å². The SMILES string of the molecule is Brc1cc(Br)c2nc3cc(-c4ccccc4)sc3cc2c1. The molecule has 1 nitrogen and oxygen atoms in total. The minimum Gasteiger partial charge on any atom is -0.246 e. The second-order valence-electron chi connectivity index (χ2n) is 4.81.